The van der Waals surface area contributed by atoms with Gasteiger partial charge in [0.1, 0.15) is 18.0 Å². The Hall–Kier alpha value is -4.61. The van der Waals surface area contributed by atoms with Gasteiger partial charge in [-0.15, -0.1) is 0 Å². The van der Waals surface area contributed by atoms with Gasteiger partial charge in [0.05, 0.1) is 19.3 Å². The molecule has 1 N–H and O–H groups in total. The van der Waals surface area contributed by atoms with Crippen LogP contribution >= 0.6 is 7.60 Å². The van der Waals surface area contributed by atoms with E-state index in [-0.39, 0.29) is 31.8 Å². The fourth-order valence-electron chi connectivity index (χ4n) is 5.98. The Balaban J connectivity index is 1.74. The number of benzene rings is 3. The van der Waals surface area contributed by atoms with Crippen LogP contribution in [0, 0.1) is 0 Å². The minimum absolute atomic E-state index is 0.0713. The molecule has 13 nitrogen and oxygen atoms in total. The van der Waals surface area contributed by atoms with Gasteiger partial charge in [-0.2, -0.15) is 0 Å². The summed E-state index contributed by atoms with van der Waals surface area (Å²) >= 11 is 0. The van der Waals surface area contributed by atoms with Crippen molar-refractivity contribution in [2.45, 2.75) is 64.9 Å². The average molecular weight is 699 g/mol. The normalized spacial score (nSPS) is 12.1. The SMILES string of the molecule is CONc1nc(C(c2ccccc2)(c2ccccc2)c2ccccc2)nc2c1nc(CCCN=[N+]=[N-])n2COCP(=O)(OC(C)C)OC(C)C. The lowest BCUT2D eigenvalue weighted by Crippen LogP contribution is -2.33. The van der Waals surface area contributed by atoms with Crippen LogP contribution in [-0.2, 0) is 41.8 Å². The molecule has 0 fully saturated rings. The molecule has 14 heteroatoms. The van der Waals surface area contributed by atoms with Crippen LogP contribution in [0.2, 0.25) is 0 Å². The largest absolute Gasteiger partial charge is 0.356 e. The number of nitrogens with zero attached hydrogens (tertiary/aromatic N) is 7. The molecule has 0 bridgehead atoms. The van der Waals surface area contributed by atoms with Crippen LogP contribution in [0.1, 0.15) is 62.5 Å². The zero-order valence-corrected chi connectivity index (χ0v) is 29.9. The van der Waals surface area contributed by atoms with Gasteiger partial charge in [-0.3, -0.25) is 14.0 Å². The first-order chi connectivity index (χ1) is 24.2. The summed E-state index contributed by atoms with van der Waals surface area (Å²) in [5.41, 5.74) is 14.6. The molecule has 50 heavy (non-hydrogen) atoms. The Morgan fingerprint density at radius 1 is 0.860 bits per heavy atom. The molecule has 0 saturated carbocycles. The average Bonchev–Trinajstić information content (AvgIpc) is 3.45. The summed E-state index contributed by atoms with van der Waals surface area (Å²) in [4.78, 5) is 23.7. The first-order valence-electron chi connectivity index (χ1n) is 16.5. The summed E-state index contributed by atoms with van der Waals surface area (Å²) in [6.45, 7) is 7.38. The van der Waals surface area contributed by atoms with Gasteiger partial charge in [-0.25, -0.2) is 20.4 Å². The van der Waals surface area contributed by atoms with Crippen molar-refractivity contribution < 1.29 is 23.2 Å². The van der Waals surface area contributed by atoms with Crippen LogP contribution < -0.4 is 5.48 Å². The number of fused-ring (bicyclic) bond motifs is 1. The van der Waals surface area contributed by atoms with Gasteiger partial charge in [0, 0.05) is 17.9 Å². The fraction of sp³-hybridized carbons (Fsp3) is 0.361. The molecule has 0 radical (unpaired) electrons. The number of hydrogen-bond acceptors (Lipinski definition) is 10. The zero-order chi connectivity index (χ0) is 35.6. The fourth-order valence-corrected chi connectivity index (χ4v) is 7.75. The second-order valence-corrected chi connectivity index (χ2v) is 14.0. The Morgan fingerprint density at radius 2 is 1.40 bits per heavy atom. The van der Waals surface area contributed by atoms with Gasteiger partial charge in [0.25, 0.3) is 0 Å². The standard InChI is InChI=1S/C36H43N8O5P/c1-26(2)48-50(45,49-27(3)4)25-47-24-44-31(22-15-23-38-43-37)39-32-33(42-46-5)40-35(41-34(32)44)36(28-16-9-6-10-17-28,29-18-11-7-12-19-29)30-20-13-8-14-21-30/h6-14,16-21,26-27H,15,22-25H2,1-5H3,(H,40,41,42). The third kappa shape index (κ3) is 8.22. The maximum atomic E-state index is 13.7. The highest BCUT2D eigenvalue weighted by atomic mass is 31.2. The van der Waals surface area contributed by atoms with Crippen LogP contribution in [0.4, 0.5) is 5.82 Å². The Morgan fingerprint density at radius 3 is 1.88 bits per heavy atom. The van der Waals surface area contributed by atoms with Gasteiger partial charge in [0.2, 0.25) is 0 Å². The van der Waals surface area contributed by atoms with Crippen LogP contribution in [0.3, 0.4) is 0 Å². The molecule has 0 spiro atoms. The maximum Gasteiger partial charge on any atom is 0.356 e. The molecule has 0 aliphatic heterocycles. The van der Waals surface area contributed by atoms with Crippen molar-refractivity contribution in [1.82, 2.24) is 19.5 Å². The summed E-state index contributed by atoms with van der Waals surface area (Å²) in [5.74, 6) is 1.42. The Labute approximate surface area is 292 Å². The predicted octanol–water partition coefficient (Wildman–Crippen LogP) is 8.40. The lowest BCUT2D eigenvalue weighted by atomic mass is 9.68. The van der Waals surface area contributed by atoms with E-state index in [0.717, 1.165) is 16.7 Å². The van der Waals surface area contributed by atoms with E-state index in [9.17, 15) is 4.57 Å². The molecule has 2 aromatic heterocycles. The number of rotatable bonds is 18. The molecular weight excluding hydrogens is 655 g/mol. The maximum absolute atomic E-state index is 13.7. The van der Waals surface area contributed by atoms with Crippen LogP contribution in [0.25, 0.3) is 21.6 Å². The summed E-state index contributed by atoms with van der Waals surface area (Å²) in [6, 6.07) is 30.3. The van der Waals surface area contributed by atoms with Gasteiger partial charge >= 0.3 is 7.60 Å². The van der Waals surface area contributed by atoms with E-state index >= 15 is 0 Å². The molecule has 0 atom stereocenters. The van der Waals surface area contributed by atoms with E-state index in [1.807, 2.05) is 59.2 Å². The van der Waals surface area contributed by atoms with Gasteiger partial charge in [-0.05, 0) is 56.3 Å². The number of anilines is 1. The molecule has 5 rings (SSSR count). The molecular formula is C36H43N8O5P. The second-order valence-electron chi connectivity index (χ2n) is 12.1. The van der Waals surface area contributed by atoms with E-state index in [2.05, 4.69) is 51.9 Å². The van der Waals surface area contributed by atoms with Crippen molar-refractivity contribution >= 4 is 24.6 Å². The Bertz CT molecular complexity index is 1820. The van der Waals surface area contributed by atoms with Crippen molar-refractivity contribution in [1.29, 1.82) is 0 Å². The summed E-state index contributed by atoms with van der Waals surface area (Å²) in [7, 11) is -2.10. The second kappa shape index (κ2) is 16.9. The third-order valence-electron chi connectivity index (χ3n) is 7.76. The summed E-state index contributed by atoms with van der Waals surface area (Å²) in [6.07, 6.45) is -0.00919. The van der Waals surface area contributed by atoms with E-state index in [4.69, 9.17) is 39.1 Å². The van der Waals surface area contributed by atoms with Crippen molar-refractivity contribution in [3.63, 3.8) is 0 Å². The highest BCUT2D eigenvalue weighted by Gasteiger charge is 2.42. The quantitative estimate of drug-likeness (QED) is 0.0180. The first-order valence-corrected chi connectivity index (χ1v) is 18.2. The molecule has 3 aromatic carbocycles. The number of aromatic nitrogens is 4. The summed E-state index contributed by atoms with van der Waals surface area (Å²) in [5, 5.41) is 3.70. The number of azide groups is 1. The van der Waals surface area contributed by atoms with Crippen molar-refractivity contribution in [3.8, 4) is 0 Å². The van der Waals surface area contributed by atoms with Crippen LogP contribution in [0.5, 0.6) is 0 Å². The predicted molar refractivity (Wildman–Crippen MR) is 193 cm³/mol. The van der Waals surface area contributed by atoms with Crippen molar-refractivity contribution in [2.24, 2.45) is 5.11 Å². The third-order valence-corrected chi connectivity index (χ3v) is 9.75. The van der Waals surface area contributed by atoms with Crippen molar-refractivity contribution in [3.05, 3.63) is 130 Å². The number of hydrogen-bond donors (Lipinski definition) is 1. The van der Waals surface area contributed by atoms with E-state index in [0.29, 0.717) is 41.5 Å². The van der Waals surface area contributed by atoms with E-state index in [1.165, 1.54) is 7.11 Å². The highest BCUT2D eigenvalue weighted by Crippen LogP contribution is 2.50. The lowest BCUT2D eigenvalue weighted by Gasteiger charge is -2.34. The lowest BCUT2D eigenvalue weighted by molar-refractivity contribution is 0.0703. The monoisotopic (exact) mass is 698 g/mol. The molecule has 0 saturated heterocycles. The van der Waals surface area contributed by atoms with Gasteiger partial charge < -0.3 is 13.8 Å². The molecule has 0 unspecified atom stereocenters. The van der Waals surface area contributed by atoms with E-state index in [1.54, 1.807) is 27.7 Å². The molecule has 262 valence electrons. The smallest absolute Gasteiger partial charge is 0.348 e. The number of nitrogens with one attached hydrogen (secondary N) is 1. The molecule has 2 heterocycles. The highest BCUT2D eigenvalue weighted by molar-refractivity contribution is 7.53. The number of aryl methyl sites for hydroxylation is 1. The van der Waals surface area contributed by atoms with Crippen LogP contribution in [0.15, 0.2) is 96.1 Å². The Kier molecular flexibility index (Phi) is 12.4. The van der Waals surface area contributed by atoms with Crippen molar-refractivity contribution in [2.75, 3.05) is 25.5 Å². The van der Waals surface area contributed by atoms with Crippen LogP contribution in [-0.4, -0.2) is 51.7 Å². The van der Waals surface area contributed by atoms with Gasteiger partial charge in [-0.1, -0.05) is 96.1 Å². The molecule has 0 amide bonds. The minimum atomic E-state index is -3.61. The molecule has 5 aromatic rings. The number of imidazole rings is 1. The zero-order valence-electron chi connectivity index (χ0n) is 29.0. The van der Waals surface area contributed by atoms with Gasteiger partial charge in [0.15, 0.2) is 29.2 Å². The molecule has 0 aliphatic carbocycles. The number of ether oxygens (including phenoxy) is 1. The van der Waals surface area contributed by atoms with E-state index < -0.39 is 13.0 Å². The first kappa shape index (κ1) is 36.7. The summed E-state index contributed by atoms with van der Waals surface area (Å²) < 4.78 is 33.0. The molecule has 0 aliphatic rings. The minimum Gasteiger partial charge on any atom is -0.348 e. The topological polar surface area (TPSA) is 158 Å².